The molecule has 0 saturated carbocycles. The zero-order valence-corrected chi connectivity index (χ0v) is 17.3. The minimum atomic E-state index is 0.139. The van der Waals surface area contributed by atoms with E-state index in [0.29, 0.717) is 45.4 Å². The van der Waals surface area contributed by atoms with Gasteiger partial charge in [-0.2, -0.15) is 0 Å². The minimum absolute atomic E-state index is 0.139. The molecule has 1 aliphatic rings. The molecular formula is C24H30N2O3. The number of aryl methyl sites for hydroxylation is 1. The summed E-state index contributed by atoms with van der Waals surface area (Å²) in [5.74, 6) is 1.33. The lowest BCUT2D eigenvalue weighted by Gasteiger charge is -2.35. The lowest BCUT2D eigenvalue weighted by Crippen LogP contribution is -2.50. The van der Waals surface area contributed by atoms with Gasteiger partial charge in [0.05, 0.1) is 7.11 Å². The van der Waals surface area contributed by atoms with Crippen molar-refractivity contribution >= 4 is 11.8 Å². The fourth-order valence-electron chi connectivity index (χ4n) is 3.80. The van der Waals surface area contributed by atoms with Crippen molar-refractivity contribution in [1.82, 2.24) is 9.80 Å². The molecule has 0 radical (unpaired) electrons. The predicted octanol–water partition coefficient (Wildman–Crippen LogP) is 3.49. The van der Waals surface area contributed by atoms with Gasteiger partial charge >= 0.3 is 0 Å². The number of carbonyl (C=O) groups is 2. The highest BCUT2D eigenvalue weighted by Crippen LogP contribution is 2.21. The summed E-state index contributed by atoms with van der Waals surface area (Å²) in [6.45, 7) is 4.53. The highest BCUT2D eigenvalue weighted by atomic mass is 16.5. The summed E-state index contributed by atoms with van der Waals surface area (Å²) in [6.07, 6.45) is 1.63. The van der Waals surface area contributed by atoms with E-state index in [1.165, 1.54) is 5.56 Å². The zero-order chi connectivity index (χ0) is 20.6. The van der Waals surface area contributed by atoms with Crippen LogP contribution in [0.2, 0.25) is 0 Å². The maximum absolute atomic E-state index is 12.6. The summed E-state index contributed by atoms with van der Waals surface area (Å²) in [4.78, 5) is 29.0. The van der Waals surface area contributed by atoms with Crippen LogP contribution in [0.3, 0.4) is 0 Å². The van der Waals surface area contributed by atoms with Crippen molar-refractivity contribution in [3.8, 4) is 5.75 Å². The van der Waals surface area contributed by atoms with Gasteiger partial charge in [0, 0.05) is 39.0 Å². The Labute approximate surface area is 173 Å². The van der Waals surface area contributed by atoms with Crippen LogP contribution in [-0.4, -0.2) is 54.9 Å². The standard InChI is InChI=1S/C24H30N2O3/c1-19(20-8-4-3-5-9-20)18-24(28)26-16-14-25(15-17-26)23(27)13-12-21-10-6-7-11-22(21)29-2/h3-11,19H,12-18H2,1-2H3. The number of carbonyl (C=O) groups excluding carboxylic acids is 2. The van der Waals surface area contributed by atoms with Crippen LogP contribution < -0.4 is 4.74 Å². The average molecular weight is 395 g/mol. The first kappa shape index (κ1) is 20.9. The fraction of sp³-hybridized carbons (Fsp3) is 0.417. The third kappa shape index (κ3) is 5.59. The van der Waals surface area contributed by atoms with Gasteiger partial charge in [0.2, 0.25) is 11.8 Å². The first-order valence-electron chi connectivity index (χ1n) is 10.3. The van der Waals surface area contributed by atoms with Gasteiger partial charge in [-0.3, -0.25) is 9.59 Å². The Balaban J connectivity index is 1.44. The third-order valence-electron chi connectivity index (χ3n) is 5.64. The molecule has 0 bridgehead atoms. The molecule has 2 aromatic carbocycles. The minimum Gasteiger partial charge on any atom is -0.496 e. The Morgan fingerprint density at radius 2 is 1.48 bits per heavy atom. The van der Waals surface area contributed by atoms with Gasteiger partial charge in [0.1, 0.15) is 5.75 Å². The third-order valence-corrected chi connectivity index (χ3v) is 5.64. The number of amides is 2. The van der Waals surface area contributed by atoms with Crippen molar-refractivity contribution in [1.29, 1.82) is 0 Å². The Morgan fingerprint density at radius 3 is 2.14 bits per heavy atom. The molecule has 154 valence electrons. The smallest absolute Gasteiger partial charge is 0.223 e. The maximum Gasteiger partial charge on any atom is 0.223 e. The number of hydrogen-bond donors (Lipinski definition) is 0. The number of para-hydroxylation sites is 1. The summed E-state index contributed by atoms with van der Waals surface area (Å²) in [6, 6.07) is 17.9. The SMILES string of the molecule is COc1ccccc1CCC(=O)N1CCN(C(=O)CC(C)c2ccccc2)CC1. The van der Waals surface area contributed by atoms with E-state index in [0.717, 1.165) is 11.3 Å². The van der Waals surface area contributed by atoms with E-state index in [-0.39, 0.29) is 17.7 Å². The monoisotopic (exact) mass is 394 g/mol. The lowest BCUT2D eigenvalue weighted by molar-refractivity contribution is -0.139. The lowest BCUT2D eigenvalue weighted by atomic mass is 9.97. The van der Waals surface area contributed by atoms with E-state index < -0.39 is 0 Å². The molecule has 3 rings (SSSR count). The van der Waals surface area contributed by atoms with Gasteiger partial charge < -0.3 is 14.5 Å². The van der Waals surface area contributed by atoms with Gasteiger partial charge in [-0.1, -0.05) is 55.5 Å². The molecule has 0 aromatic heterocycles. The van der Waals surface area contributed by atoms with Crippen LogP contribution >= 0.6 is 0 Å². The number of rotatable bonds is 7. The van der Waals surface area contributed by atoms with Crippen LogP contribution in [0.5, 0.6) is 5.75 Å². The van der Waals surface area contributed by atoms with Gasteiger partial charge in [-0.05, 0) is 29.5 Å². The first-order chi connectivity index (χ1) is 14.1. The van der Waals surface area contributed by atoms with E-state index in [1.807, 2.05) is 52.3 Å². The second-order valence-electron chi connectivity index (χ2n) is 7.59. The Bertz CT molecular complexity index is 814. The Morgan fingerprint density at radius 1 is 0.897 bits per heavy atom. The molecule has 0 aliphatic carbocycles. The number of piperazine rings is 1. The normalized spacial score (nSPS) is 15.1. The molecular weight excluding hydrogens is 364 g/mol. The average Bonchev–Trinajstić information content (AvgIpc) is 2.78. The number of ether oxygens (including phenoxy) is 1. The number of benzene rings is 2. The molecule has 5 heteroatoms. The summed E-state index contributed by atoms with van der Waals surface area (Å²) in [5.41, 5.74) is 2.23. The fourth-order valence-corrected chi connectivity index (χ4v) is 3.80. The molecule has 1 aliphatic heterocycles. The van der Waals surface area contributed by atoms with Crippen molar-refractivity contribution in [3.05, 3.63) is 65.7 Å². The van der Waals surface area contributed by atoms with Crippen LogP contribution in [0, 0.1) is 0 Å². The quantitative estimate of drug-likeness (QED) is 0.722. The molecule has 1 saturated heterocycles. The van der Waals surface area contributed by atoms with Gasteiger partial charge in [0.25, 0.3) is 0 Å². The molecule has 0 N–H and O–H groups in total. The zero-order valence-electron chi connectivity index (χ0n) is 17.3. The van der Waals surface area contributed by atoms with E-state index >= 15 is 0 Å². The molecule has 1 heterocycles. The van der Waals surface area contributed by atoms with Crippen molar-refractivity contribution in [3.63, 3.8) is 0 Å². The summed E-state index contributed by atoms with van der Waals surface area (Å²) < 4.78 is 5.36. The Kier molecular flexibility index (Phi) is 7.28. The van der Waals surface area contributed by atoms with Crippen LogP contribution in [-0.2, 0) is 16.0 Å². The van der Waals surface area contributed by atoms with E-state index in [1.54, 1.807) is 7.11 Å². The van der Waals surface area contributed by atoms with Crippen LogP contribution in [0.4, 0.5) is 0 Å². The maximum atomic E-state index is 12.6. The van der Waals surface area contributed by atoms with Crippen LogP contribution in [0.1, 0.15) is 36.8 Å². The second-order valence-corrected chi connectivity index (χ2v) is 7.59. The largest absolute Gasteiger partial charge is 0.496 e. The molecule has 1 atom stereocenters. The molecule has 2 amide bonds. The summed E-state index contributed by atoms with van der Waals surface area (Å²) in [5, 5.41) is 0. The van der Waals surface area contributed by atoms with Gasteiger partial charge in [-0.15, -0.1) is 0 Å². The molecule has 29 heavy (non-hydrogen) atoms. The van der Waals surface area contributed by atoms with Crippen LogP contribution in [0.25, 0.3) is 0 Å². The molecule has 0 spiro atoms. The van der Waals surface area contributed by atoms with Crippen molar-refractivity contribution in [2.75, 3.05) is 33.3 Å². The first-order valence-corrected chi connectivity index (χ1v) is 10.3. The van der Waals surface area contributed by atoms with E-state index in [4.69, 9.17) is 4.74 Å². The van der Waals surface area contributed by atoms with Crippen molar-refractivity contribution in [2.24, 2.45) is 0 Å². The highest BCUT2D eigenvalue weighted by molar-refractivity contribution is 5.79. The number of hydrogen-bond acceptors (Lipinski definition) is 3. The second kappa shape index (κ2) is 10.1. The van der Waals surface area contributed by atoms with Crippen molar-refractivity contribution in [2.45, 2.75) is 32.1 Å². The van der Waals surface area contributed by atoms with Gasteiger partial charge in [0.15, 0.2) is 0 Å². The Hall–Kier alpha value is -2.82. The van der Waals surface area contributed by atoms with E-state index in [2.05, 4.69) is 19.1 Å². The number of methoxy groups -OCH3 is 1. The summed E-state index contributed by atoms with van der Waals surface area (Å²) >= 11 is 0. The van der Waals surface area contributed by atoms with Crippen LogP contribution in [0.15, 0.2) is 54.6 Å². The topological polar surface area (TPSA) is 49.9 Å². The van der Waals surface area contributed by atoms with Gasteiger partial charge in [-0.25, -0.2) is 0 Å². The van der Waals surface area contributed by atoms with Crippen molar-refractivity contribution < 1.29 is 14.3 Å². The highest BCUT2D eigenvalue weighted by Gasteiger charge is 2.25. The summed E-state index contributed by atoms with van der Waals surface area (Å²) in [7, 11) is 1.65. The van der Waals surface area contributed by atoms with E-state index in [9.17, 15) is 9.59 Å². The number of nitrogens with zero attached hydrogens (tertiary/aromatic N) is 2. The molecule has 1 unspecified atom stereocenters. The molecule has 2 aromatic rings. The molecule has 1 fully saturated rings. The molecule has 5 nitrogen and oxygen atoms in total. The predicted molar refractivity (Wildman–Crippen MR) is 114 cm³/mol.